The predicted octanol–water partition coefficient (Wildman–Crippen LogP) is 8.73. The molecular formula is C29H32OS. The van der Waals surface area contributed by atoms with Crippen molar-refractivity contribution >= 4 is 44.0 Å². The van der Waals surface area contributed by atoms with E-state index < -0.39 is 0 Å². The van der Waals surface area contributed by atoms with E-state index in [0.717, 1.165) is 24.3 Å². The Hall–Kier alpha value is -2.32. The van der Waals surface area contributed by atoms with Crippen LogP contribution in [0.1, 0.15) is 73.5 Å². The standard InChI is InChI=1S/C29H32OS/c1-5-19(6-2)9-10-20-17-21-11-12-22(28(7-3)31-8-4)18-26(21)29-23(20)13-14-24-25(29)15-16-27(24)30/h7-8,11-14,17-19H,4-6,9-10,15-16H2,1-3H3/b28-7-. The van der Waals surface area contributed by atoms with Crippen molar-refractivity contribution in [3.63, 3.8) is 0 Å². The summed E-state index contributed by atoms with van der Waals surface area (Å²) in [5.41, 5.74) is 4.83. The summed E-state index contributed by atoms with van der Waals surface area (Å²) in [4.78, 5) is 13.7. The molecule has 1 aliphatic carbocycles. The molecule has 1 aliphatic rings. The minimum absolute atomic E-state index is 0.292. The van der Waals surface area contributed by atoms with Crippen molar-refractivity contribution in [3.05, 3.63) is 76.7 Å². The molecule has 1 nitrogen and oxygen atoms in total. The molecule has 4 rings (SSSR count). The van der Waals surface area contributed by atoms with Gasteiger partial charge in [-0.2, -0.15) is 0 Å². The summed E-state index contributed by atoms with van der Waals surface area (Å²) in [5.74, 6) is 1.07. The average Bonchev–Trinajstić information content (AvgIpc) is 3.18. The second-order valence-corrected chi connectivity index (χ2v) is 9.58. The van der Waals surface area contributed by atoms with Crippen LogP contribution >= 0.6 is 11.8 Å². The molecule has 0 spiro atoms. The van der Waals surface area contributed by atoms with E-state index in [0.29, 0.717) is 12.2 Å². The van der Waals surface area contributed by atoms with Crippen molar-refractivity contribution in [2.45, 2.75) is 59.3 Å². The van der Waals surface area contributed by atoms with Crippen LogP contribution in [-0.4, -0.2) is 5.78 Å². The van der Waals surface area contributed by atoms with Gasteiger partial charge in [0.25, 0.3) is 0 Å². The van der Waals surface area contributed by atoms with Crippen LogP contribution in [0.2, 0.25) is 0 Å². The van der Waals surface area contributed by atoms with E-state index in [1.54, 1.807) is 11.8 Å². The number of carbonyl (C=O) groups is 1. The van der Waals surface area contributed by atoms with Crippen LogP contribution in [0, 0.1) is 5.92 Å². The first-order chi connectivity index (χ1) is 15.1. The van der Waals surface area contributed by atoms with Gasteiger partial charge < -0.3 is 0 Å². The van der Waals surface area contributed by atoms with Gasteiger partial charge in [0.2, 0.25) is 0 Å². The Morgan fingerprint density at radius 2 is 1.90 bits per heavy atom. The Kier molecular flexibility index (Phi) is 6.67. The first-order valence-electron chi connectivity index (χ1n) is 11.6. The zero-order valence-electron chi connectivity index (χ0n) is 19.0. The Labute approximate surface area is 190 Å². The number of aryl methyl sites for hydroxylation is 2. The highest BCUT2D eigenvalue weighted by Crippen LogP contribution is 2.39. The lowest BCUT2D eigenvalue weighted by Gasteiger charge is -2.17. The number of thioether (sulfide) groups is 1. The molecule has 0 heterocycles. The fraction of sp³-hybridized carbons (Fsp3) is 0.345. The molecule has 31 heavy (non-hydrogen) atoms. The number of allylic oxidation sites excluding steroid dienone is 1. The van der Waals surface area contributed by atoms with Crippen LogP contribution in [0.4, 0.5) is 0 Å². The second-order valence-electron chi connectivity index (χ2n) is 8.57. The Bertz CT molecular complexity index is 1180. The van der Waals surface area contributed by atoms with Crippen molar-refractivity contribution in [1.82, 2.24) is 0 Å². The lowest BCUT2D eigenvalue weighted by atomic mass is 9.87. The van der Waals surface area contributed by atoms with Crippen LogP contribution in [0.5, 0.6) is 0 Å². The summed E-state index contributed by atoms with van der Waals surface area (Å²) in [7, 11) is 0. The summed E-state index contributed by atoms with van der Waals surface area (Å²) in [6.45, 7) is 10.6. The summed E-state index contributed by atoms with van der Waals surface area (Å²) in [5, 5.41) is 7.08. The molecule has 0 amide bonds. The van der Waals surface area contributed by atoms with Crippen molar-refractivity contribution < 1.29 is 4.79 Å². The number of hydrogen-bond acceptors (Lipinski definition) is 2. The van der Waals surface area contributed by atoms with Crippen molar-refractivity contribution in [3.8, 4) is 0 Å². The molecule has 0 unspecified atom stereocenters. The molecule has 160 valence electrons. The van der Waals surface area contributed by atoms with Crippen molar-refractivity contribution in [1.29, 1.82) is 0 Å². The topological polar surface area (TPSA) is 17.1 Å². The maximum Gasteiger partial charge on any atom is 0.163 e. The third-order valence-corrected chi connectivity index (χ3v) is 7.84. The van der Waals surface area contributed by atoms with E-state index in [1.165, 1.54) is 62.4 Å². The van der Waals surface area contributed by atoms with Gasteiger partial charge in [0.15, 0.2) is 5.78 Å². The Morgan fingerprint density at radius 1 is 1.10 bits per heavy atom. The lowest BCUT2D eigenvalue weighted by Crippen LogP contribution is -2.01. The maximum atomic E-state index is 12.5. The third kappa shape index (κ3) is 4.11. The molecule has 3 aromatic rings. The Balaban J connectivity index is 1.95. The minimum Gasteiger partial charge on any atom is -0.294 e. The lowest BCUT2D eigenvalue weighted by molar-refractivity contribution is 0.0994. The van der Waals surface area contributed by atoms with E-state index in [4.69, 9.17) is 0 Å². The Morgan fingerprint density at radius 3 is 2.61 bits per heavy atom. The van der Waals surface area contributed by atoms with Gasteiger partial charge in [0, 0.05) is 16.9 Å². The first-order valence-corrected chi connectivity index (χ1v) is 12.5. The third-order valence-electron chi connectivity index (χ3n) is 6.95. The summed E-state index contributed by atoms with van der Waals surface area (Å²) in [6, 6.07) is 13.5. The van der Waals surface area contributed by atoms with Gasteiger partial charge in [0.1, 0.15) is 0 Å². The minimum atomic E-state index is 0.292. The fourth-order valence-corrected chi connectivity index (χ4v) is 5.67. The van der Waals surface area contributed by atoms with Gasteiger partial charge in [-0.15, -0.1) is 0 Å². The maximum absolute atomic E-state index is 12.5. The fourth-order valence-electron chi connectivity index (χ4n) is 5.09. The smallest absolute Gasteiger partial charge is 0.163 e. The largest absolute Gasteiger partial charge is 0.294 e. The quantitative estimate of drug-likeness (QED) is 0.334. The van der Waals surface area contributed by atoms with E-state index >= 15 is 0 Å². The van der Waals surface area contributed by atoms with Crippen LogP contribution in [0.3, 0.4) is 0 Å². The highest BCUT2D eigenvalue weighted by molar-refractivity contribution is 8.10. The molecule has 0 saturated carbocycles. The average molecular weight is 429 g/mol. The second kappa shape index (κ2) is 9.44. The monoisotopic (exact) mass is 428 g/mol. The van der Waals surface area contributed by atoms with Gasteiger partial charge in [-0.1, -0.05) is 81.4 Å². The van der Waals surface area contributed by atoms with E-state index in [2.05, 4.69) is 69.8 Å². The highest BCUT2D eigenvalue weighted by Gasteiger charge is 2.23. The normalized spacial score (nSPS) is 14.1. The van der Waals surface area contributed by atoms with Gasteiger partial charge in [-0.25, -0.2) is 0 Å². The number of benzene rings is 3. The van der Waals surface area contributed by atoms with Crippen LogP contribution in [0.15, 0.2) is 54.5 Å². The molecule has 0 fully saturated rings. The molecule has 3 aromatic carbocycles. The zero-order chi connectivity index (χ0) is 22.0. The molecule has 0 atom stereocenters. The summed E-state index contributed by atoms with van der Waals surface area (Å²) < 4.78 is 0. The van der Waals surface area contributed by atoms with E-state index in [-0.39, 0.29) is 0 Å². The molecule has 0 aromatic heterocycles. The van der Waals surface area contributed by atoms with Crippen LogP contribution in [-0.2, 0) is 12.8 Å². The molecule has 2 heteroatoms. The van der Waals surface area contributed by atoms with Gasteiger partial charge in [-0.3, -0.25) is 4.79 Å². The van der Waals surface area contributed by atoms with Gasteiger partial charge in [0.05, 0.1) is 0 Å². The molecule has 0 N–H and O–H groups in total. The molecule has 0 bridgehead atoms. The number of hydrogen-bond donors (Lipinski definition) is 0. The SMILES string of the molecule is C=CS/C(=C\C)c1ccc2cc(CCC(CC)CC)c3ccc4c(c3c2c1)CCC4=O. The molecule has 0 radical (unpaired) electrons. The summed E-state index contributed by atoms with van der Waals surface area (Å²) >= 11 is 1.66. The molecule has 0 saturated heterocycles. The number of ketones is 1. The number of Topliss-reactive ketones (excluding diaryl/α,β-unsaturated/α-hetero) is 1. The molecular weight excluding hydrogens is 396 g/mol. The van der Waals surface area contributed by atoms with Crippen molar-refractivity contribution in [2.75, 3.05) is 0 Å². The number of carbonyl (C=O) groups excluding carboxylic acids is 1. The van der Waals surface area contributed by atoms with Crippen molar-refractivity contribution in [2.24, 2.45) is 5.92 Å². The zero-order valence-corrected chi connectivity index (χ0v) is 19.8. The van der Waals surface area contributed by atoms with Crippen LogP contribution < -0.4 is 0 Å². The van der Waals surface area contributed by atoms with Crippen LogP contribution in [0.25, 0.3) is 26.5 Å². The highest BCUT2D eigenvalue weighted by atomic mass is 32.2. The number of fused-ring (bicyclic) bond motifs is 5. The predicted molar refractivity (Wildman–Crippen MR) is 138 cm³/mol. The summed E-state index contributed by atoms with van der Waals surface area (Å²) in [6.07, 6.45) is 8.44. The first kappa shape index (κ1) is 21.9. The molecule has 0 aliphatic heterocycles. The van der Waals surface area contributed by atoms with Gasteiger partial charge in [-0.05, 0) is 81.8 Å². The van der Waals surface area contributed by atoms with Gasteiger partial charge >= 0.3 is 0 Å². The number of rotatable bonds is 8. The van der Waals surface area contributed by atoms with E-state index in [1.807, 2.05) is 5.41 Å². The van der Waals surface area contributed by atoms with E-state index in [9.17, 15) is 4.79 Å².